The summed E-state index contributed by atoms with van der Waals surface area (Å²) in [6, 6.07) is 17.7. The number of ether oxygens (including phenoxy) is 3. The van der Waals surface area contributed by atoms with Crippen molar-refractivity contribution in [3.05, 3.63) is 83.8 Å². The van der Waals surface area contributed by atoms with E-state index < -0.39 is 18.4 Å². The van der Waals surface area contributed by atoms with Gasteiger partial charge in [-0.2, -0.15) is 0 Å². The number of esters is 1. The fourth-order valence-corrected chi connectivity index (χ4v) is 5.10. The molecule has 0 saturated carbocycles. The Morgan fingerprint density at radius 1 is 1.00 bits per heavy atom. The minimum absolute atomic E-state index is 0.0378. The van der Waals surface area contributed by atoms with Gasteiger partial charge in [-0.05, 0) is 68.3 Å². The monoisotopic (exact) mass is 644 g/mol. The third-order valence-corrected chi connectivity index (χ3v) is 7.60. The van der Waals surface area contributed by atoms with Crippen LogP contribution in [0, 0.1) is 0 Å². The third-order valence-electron chi connectivity index (χ3n) is 7.60. The van der Waals surface area contributed by atoms with Crippen molar-refractivity contribution in [3.8, 4) is 5.75 Å². The van der Waals surface area contributed by atoms with Gasteiger partial charge < -0.3 is 29.8 Å². The van der Waals surface area contributed by atoms with Gasteiger partial charge in [-0.1, -0.05) is 44.4 Å². The molecule has 0 spiro atoms. The molecule has 0 aliphatic carbocycles. The van der Waals surface area contributed by atoms with E-state index in [1.54, 1.807) is 67.7 Å². The number of carbonyl (C=O) groups excluding carboxylic acids is 3. The van der Waals surface area contributed by atoms with Crippen LogP contribution in [0.15, 0.2) is 66.9 Å². The van der Waals surface area contributed by atoms with Crippen LogP contribution in [-0.4, -0.2) is 52.3 Å². The van der Waals surface area contributed by atoms with Crippen LogP contribution >= 0.6 is 0 Å². The van der Waals surface area contributed by atoms with Crippen LogP contribution in [0.4, 0.5) is 10.6 Å². The average molecular weight is 645 g/mol. The maximum absolute atomic E-state index is 13.7. The van der Waals surface area contributed by atoms with Crippen LogP contribution in [-0.2, 0) is 21.3 Å². The SMILES string of the molecule is CCCCCCOC(=O)NC(N)c1ccc(OC(C)c2nc3cc(C(=O)N(CCC(=O)OCC)c4ccccn4)ccc3n2C)cc1. The number of hydrogen-bond acceptors (Lipinski definition) is 9. The standard InChI is InChI=1S/C35H44N6O6/c1-5-7-8-11-22-46-35(44)39-32(36)25-13-16-27(17-14-25)47-24(3)33-38-28-23-26(15-18-29(28)40(33)4)34(43)41(21-19-31(42)45-6-2)30-12-9-10-20-37-30/h9-10,12-18,20,23-24,32H,5-8,11,19,21-22,36H2,1-4H3,(H,39,44). The van der Waals surface area contributed by atoms with Gasteiger partial charge in [0.1, 0.15) is 17.7 Å². The second-order valence-electron chi connectivity index (χ2n) is 11.1. The Kier molecular flexibility index (Phi) is 12.7. The molecule has 0 saturated heterocycles. The van der Waals surface area contributed by atoms with Crippen molar-refractivity contribution >= 4 is 34.8 Å². The Hall–Kier alpha value is -4.97. The van der Waals surface area contributed by atoms with Gasteiger partial charge in [0.05, 0.1) is 30.7 Å². The number of alkyl carbamates (subject to hydrolysis) is 1. The van der Waals surface area contributed by atoms with Crippen molar-refractivity contribution in [1.29, 1.82) is 0 Å². The number of amides is 2. The van der Waals surface area contributed by atoms with E-state index in [4.69, 9.17) is 24.9 Å². The zero-order chi connectivity index (χ0) is 33.8. The van der Waals surface area contributed by atoms with Gasteiger partial charge in [0.25, 0.3) is 5.91 Å². The van der Waals surface area contributed by atoms with E-state index in [2.05, 4.69) is 17.2 Å². The number of anilines is 1. The number of benzene rings is 2. The summed E-state index contributed by atoms with van der Waals surface area (Å²) in [4.78, 5) is 48.4. The van der Waals surface area contributed by atoms with E-state index in [1.165, 1.54) is 4.90 Å². The molecular formula is C35H44N6O6. The van der Waals surface area contributed by atoms with Gasteiger partial charge in [0, 0.05) is 25.4 Å². The number of nitrogens with zero attached hydrogens (tertiary/aromatic N) is 4. The molecule has 0 aliphatic rings. The first-order valence-corrected chi connectivity index (χ1v) is 16.0. The number of aryl methyl sites for hydroxylation is 1. The van der Waals surface area contributed by atoms with Crippen molar-refractivity contribution in [2.45, 2.75) is 65.1 Å². The molecule has 0 bridgehead atoms. The predicted molar refractivity (Wildman–Crippen MR) is 179 cm³/mol. The molecular weight excluding hydrogens is 600 g/mol. The number of carbonyl (C=O) groups is 3. The molecule has 0 aliphatic heterocycles. The van der Waals surface area contributed by atoms with Crippen LogP contribution in [0.1, 0.15) is 86.9 Å². The van der Waals surface area contributed by atoms with Crippen LogP contribution in [0.3, 0.4) is 0 Å². The fourth-order valence-electron chi connectivity index (χ4n) is 5.10. The molecule has 0 fully saturated rings. The maximum atomic E-state index is 13.7. The summed E-state index contributed by atoms with van der Waals surface area (Å²) in [6.07, 6.45) is 4.02. The summed E-state index contributed by atoms with van der Waals surface area (Å²) in [5, 5.41) is 2.65. The molecule has 4 aromatic rings. The van der Waals surface area contributed by atoms with Crippen molar-refractivity contribution in [2.24, 2.45) is 12.8 Å². The molecule has 3 N–H and O–H groups in total. The zero-order valence-electron chi connectivity index (χ0n) is 27.5. The number of rotatable bonds is 16. The number of aromatic nitrogens is 3. The van der Waals surface area contributed by atoms with Crippen LogP contribution < -0.4 is 20.7 Å². The van der Waals surface area contributed by atoms with Crippen molar-refractivity contribution in [2.75, 3.05) is 24.7 Å². The van der Waals surface area contributed by atoms with Crippen molar-refractivity contribution < 1.29 is 28.6 Å². The molecule has 250 valence electrons. The molecule has 2 aromatic carbocycles. The van der Waals surface area contributed by atoms with Gasteiger partial charge in [0.2, 0.25) is 0 Å². The van der Waals surface area contributed by atoms with Gasteiger partial charge in [-0.25, -0.2) is 14.8 Å². The number of hydrogen-bond donors (Lipinski definition) is 2. The Morgan fingerprint density at radius 3 is 2.49 bits per heavy atom. The van der Waals surface area contributed by atoms with Gasteiger partial charge in [-0.15, -0.1) is 0 Å². The number of nitrogens with one attached hydrogen (secondary N) is 1. The topological polar surface area (TPSA) is 151 Å². The molecule has 2 atom stereocenters. The van der Waals surface area contributed by atoms with Crippen LogP contribution in [0.2, 0.25) is 0 Å². The smallest absolute Gasteiger partial charge is 0.408 e. The minimum atomic E-state index is -0.722. The molecule has 12 nitrogen and oxygen atoms in total. The van der Waals surface area contributed by atoms with E-state index in [0.717, 1.165) is 31.2 Å². The number of fused-ring (bicyclic) bond motifs is 1. The lowest BCUT2D eigenvalue weighted by molar-refractivity contribution is -0.142. The highest BCUT2D eigenvalue weighted by Gasteiger charge is 2.23. The minimum Gasteiger partial charge on any atom is -0.483 e. The first-order valence-electron chi connectivity index (χ1n) is 16.0. The van der Waals surface area contributed by atoms with Crippen LogP contribution in [0.5, 0.6) is 5.75 Å². The first-order chi connectivity index (χ1) is 22.7. The summed E-state index contributed by atoms with van der Waals surface area (Å²) in [5.41, 5.74) is 8.73. The van der Waals surface area contributed by atoms with Crippen molar-refractivity contribution in [1.82, 2.24) is 19.9 Å². The number of nitrogens with two attached hydrogens (primary N) is 1. The third kappa shape index (κ3) is 9.52. The highest BCUT2D eigenvalue weighted by Crippen LogP contribution is 2.27. The lowest BCUT2D eigenvalue weighted by atomic mass is 10.1. The molecule has 2 amide bonds. The Balaban J connectivity index is 1.42. The summed E-state index contributed by atoms with van der Waals surface area (Å²) < 4.78 is 18.4. The highest BCUT2D eigenvalue weighted by molar-refractivity contribution is 6.07. The molecule has 0 radical (unpaired) electrons. The molecule has 47 heavy (non-hydrogen) atoms. The van der Waals surface area contributed by atoms with Gasteiger partial charge >= 0.3 is 12.1 Å². The normalized spacial score (nSPS) is 12.3. The van der Waals surface area contributed by atoms with Gasteiger partial charge in [0.15, 0.2) is 11.9 Å². The summed E-state index contributed by atoms with van der Waals surface area (Å²) >= 11 is 0. The summed E-state index contributed by atoms with van der Waals surface area (Å²) in [5.74, 6) is 1.01. The average Bonchev–Trinajstić information content (AvgIpc) is 3.41. The second-order valence-corrected chi connectivity index (χ2v) is 11.1. The number of pyridine rings is 1. The molecule has 2 heterocycles. The summed E-state index contributed by atoms with van der Waals surface area (Å²) in [7, 11) is 1.89. The predicted octanol–water partition coefficient (Wildman–Crippen LogP) is 5.97. The van der Waals surface area contributed by atoms with E-state index in [0.29, 0.717) is 40.6 Å². The van der Waals surface area contributed by atoms with Crippen molar-refractivity contribution in [3.63, 3.8) is 0 Å². The van der Waals surface area contributed by atoms with E-state index in [1.807, 2.05) is 24.6 Å². The quantitative estimate of drug-likeness (QED) is 0.0854. The molecule has 2 aromatic heterocycles. The van der Waals surface area contributed by atoms with E-state index in [-0.39, 0.29) is 31.4 Å². The zero-order valence-corrected chi connectivity index (χ0v) is 27.5. The lowest BCUT2D eigenvalue weighted by Gasteiger charge is -2.21. The highest BCUT2D eigenvalue weighted by atomic mass is 16.5. The summed E-state index contributed by atoms with van der Waals surface area (Å²) in [6.45, 7) is 6.51. The second kappa shape index (κ2) is 17.1. The Bertz CT molecular complexity index is 1630. The largest absolute Gasteiger partial charge is 0.483 e. The lowest BCUT2D eigenvalue weighted by Crippen LogP contribution is -2.34. The van der Waals surface area contributed by atoms with Gasteiger partial charge in [-0.3, -0.25) is 14.5 Å². The Morgan fingerprint density at radius 2 is 1.79 bits per heavy atom. The molecule has 12 heteroatoms. The maximum Gasteiger partial charge on any atom is 0.408 e. The number of unbranched alkanes of at least 4 members (excludes halogenated alkanes) is 3. The van der Waals surface area contributed by atoms with E-state index >= 15 is 0 Å². The van der Waals surface area contributed by atoms with E-state index in [9.17, 15) is 14.4 Å². The fraction of sp³-hybridized carbons (Fsp3) is 0.400. The molecule has 2 unspecified atom stereocenters. The Labute approximate surface area is 275 Å². The van der Waals surface area contributed by atoms with Crippen LogP contribution in [0.25, 0.3) is 11.0 Å². The molecule has 4 rings (SSSR count). The number of imidazole rings is 1. The first kappa shape index (κ1) is 34.9.